The number of benzene rings is 2. The van der Waals surface area contributed by atoms with Gasteiger partial charge in [0.2, 0.25) is 0 Å². The second kappa shape index (κ2) is 8.42. The number of nitrogens with one attached hydrogen (secondary N) is 1. The normalized spacial score (nSPS) is 10.2. The molecule has 0 heterocycles. The van der Waals surface area contributed by atoms with Gasteiger partial charge in [0.1, 0.15) is 18.1 Å². The molecule has 0 bridgehead atoms. The van der Waals surface area contributed by atoms with Crippen LogP contribution in [-0.4, -0.2) is 19.8 Å². The fraction of sp³-hybridized carbons (Fsp3) is 0.294. The van der Waals surface area contributed by atoms with Crippen molar-refractivity contribution in [2.75, 3.05) is 25.1 Å². The van der Waals surface area contributed by atoms with Crippen LogP contribution in [0.25, 0.3) is 0 Å². The molecule has 0 aliphatic rings. The van der Waals surface area contributed by atoms with Gasteiger partial charge in [-0.2, -0.15) is 0 Å². The van der Waals surface area contributed by atoms with Crippen LogP contribution in [0.3, 0.4) is 0 Å². The van der Waals surface area contributed by atoms with E-state index in [9.17, 15) is 0 Å². The lowest BCUT2D eigenvalue weighted by Crippen LogP contribution is -2.11. The first-order valence-corrected chi connectivity index (χ1v) is 7.51. The topological polar surface area (TPSA) is 30.5 Å². The summed E-state index contributed by atoms with van der Waals surface area (Å²) in [7, 11) is 0. The van der Waals surface area contributed by atoms with Gasteiger partial charge in [0.25, 0.3) is 0 Å². The summed E-state index contributed by atoms with van der Waals surface area (Å²) in [5.74, 6) is 1.71. The molecule has 0 radical (unpaired) electrons. The second-order valence-electron chi connectivity index (χ2n) is 4.61. The molecule has 4 heteroatoms. The SMILES string of the molecule is CCCOc1cccc(NCCOc2ccc(Cl)cc2)c1. The summed E-state index contributed by atoms with van der Waals surface area (Å²) in [5, 5.41) is 4.02. The summed E-state index contributed by atoms with van der Waals surface area (Å²) < 4.78 is 11.2. The van der Waals surface area contributed by atoms with Crippen molar-refractivity contribution >= 4 is 17.3 Å². The Bertz CT molecular complexity index is 543. The zero-order chi connectivity index (χ0) is 14.9. The highest BCUT2D eigenvalue weighted by Gasteiger charge is 1.97. The van der Waals surface area contributed by atoms with E-state index in [2.05, 4.69) is 12.2 Å². The molecule has 21 heavy (non-hydrogen) atoms. The van der Waals surface area contributed by atoms with Gasteiger partial charge < -0.3 is 14.8 Å². The third kappa shape index (κ3) is 5.56. The van der Waals surface area contributed by atoms with Crippen LogP contribution in [-0.2, 0) is 0 Å². The molecule has 0 aliphatic carbocycles. The van der Waals surface area contributed by atoms with Crippen LogP contribution < -0.4 is 14.8 Å². The molecule has 0 spiro atoms. The standard InChI is InChI=1S/C17H20ClNO2/c1-2-11-20-17-5-3-4-15(13-17)19-10-12-21-16-8-6-14(18)7-9-16/h3-9,13,19H,2,10-12H2,1H3. The van der Waals surface area contributed by atoms with Gasteiger partial charge in [0.15, 0.2) is 0 Å². The molecule has 1 N–H and O–H groups in total. The predicted octanol–water partition coefficient (Wildman–Crippen LogP) is 4.62. The van der Waals surface area contributed by atoms with Gasteiger partial charge in [-0.1, -0.05) is 24.6 Å². The van der Waals surface area contributed by atoms with E-state index in [-0.39, 0.29) is 0 Å². The molecule has 112 valence electrons. The quantitative estimate of drug-likeness (QED) is 0.722. The number of ether oxygens (including phenoxy) is 2. The number of rotatable bonds is 8. The van der Waals surface area contributed by atoms with Crippen molar-refractivity contribution in [2.45, 2.75) is 13.3 Å². The molecule has 0 unspecified atom stereocenters. The molecule has 0 saturated heterocycles. The van der Waals surface area contributed by atoms with Crippen molar-refractivity contribution in [1.82, 2.24) is 0 Å². The largest absolute Gasteiger partial charge is 0.494 e. The minimum absolute atomic E-state index is 0.585. The maximum atomic E-state index is 5.82. The van der Waals surface area contributed by atoms with Crippen LogP contribution >= 0.6 is 11.6 Å². The summed E-state index contributed by atoms with van der Waals surface area (Å²) in [6.07, 6.45) is 1.01. The smallest absolute Gasteiger partial charge is 0.121 e. The Morgan fingerprint density at radius 2 is 1.71 bits per heavy atom. The first-order chi connectivity index (χ1) is 10.3. The van der Waals surface area contributed by atoms with Gasteiger partial charge in [-0.3, -0.25) is 0 Å². The van der Waals surface area contributed by atoms with Gasteiger partial charge in [0, 0.05) is 23.3 Å². The second-order valence-corrected chi connectivity index (χ2v) is 5.04. The highest BCUT2D eigenvalue weighted by atomic mass is 35.5. The average molecular weight is 306 g/mol. The highest BCUT2D eigenvalue weighted by Crippen LogP contribution is 2.18. The number of anilines is 1. The Kier molecular flexibility index (Phi) is 6.22. The van der Waals surface area contributed by atoms with Crippen LogP contribution in [0.4, 0.5) is 5.69 Å². The molecule has 0 amide bonds. The summed E-state index contributed by atoms with van der Waals surface area (Å²) in [6.45, 7) is 4.14. The molecular formula is C17H20ClNO2. The van der Waals surface area contributed by atoms with Crippen molar-refractivity contribution in [3.63, 3.8) is 0 Å². The van der Waals surface area contributed by atoms with Gasteiger partial charge >= 0.3 is 0 Å². The number of halogens is 1. The maximum Gasteiger partial charge on any atom is 0.121 e. The predicted molar refractivity (Wildman–Crippen MR) is 87.7 cm³/mol. The maximum absolute atomic E-state index is 5.82. The molecule has 2 rings (SSSR count). The van der Waals surface area contributed by atoms with Crippen LogP contribution in [0.5, 0.6) is 11.5 Å². The Morgan fingerprint density at radius 1 is 0.952 bits per heavy atom. The van der Waals surface area contributed by atoms with Crippen LogP contribution in [0, 0.1) is 0 Å². The van der Waals surface area contributed by atoms with E-state index < -0.39 is 0 Å². The minimum Gasteiger partial charge on any atom is -0.494 e. The molecule has 0 atom stereocenters. The fourth-order valence-electron chi connectivity index (χ4n) is 1.81. The van der Waals surface area contributed by atoms with E-state index in [1.165, 1.54) is 0 Å². The summed E-state index contributed by atoms with van der Waals surface area (Å²) in [5.41, 5.74) is 1.03. The van der Waals surface area contributed by atoms with Gasteiger partial charge in [0.05, 0.1) is 6.61 Å². The van der Waals surface area contributed by atoms with E-state index in [1.807, 2.05) is 48.5 Å². The molecule has 0 aromatic heterocycles. The zero-order valence-corrected chi connectivity index (χ0v) is 12.9. The summed E-state index contributed by atoms with van der Waals surface area (Å²) in [4.78, 5) is 0. The molecular weight excluding hydrogens is 286 g/mol. The lowest BCUT2D eigenvalue weighted by molar-refractivity contribution is 0.317. The number of hydrogen-bond donors (Lipinski definition) is 1. The Balaban J connectivity index is 1.74. The third-order valence-electron chi connectivity index (χ3n) is 2.82. The van der Waals surface area contributed by atoms with Gasteiger partial charge in [-0.25, -0.2) is 0 Å². The van der Waals surface area contributed by atoms with Crippen molar-refractivity contribution in [3.05, 3.63) is 53.6 Å². The summed E-state index contributed by atoms with van der Waals surface area (Å²) >= 11 is 5.82. The van der Waals surface area contributed by atoms with E-state index in [1.54, 1.807) is 0 Å². The lowest BCUT2D eigenvalue weighted by atomic mass is 10.3. The summed E-state index contributed by atoms with van der Waals surface area (Å²) in [6, 6.07) is 15.3. The molecule has 0 saturated carbocycles. The van der Waals surface area contributed by atoms with Crippen LogP contribution in [0.15, 0.2) is 48.5 Å². The van der Waals surface area contributed by atoms with Crippen molar-refractivity contribution in [3.8, 4) is 11.5 Å². The number of hydrogen-bond acceptors (Lipinski definition) is 3. The van der Waals surface area contributed by atoms with Crippen LogP contribution in [0.1, 0.15) is 13.3 Å². The Labute approximate surface area is 130 Å². The van der Waals surface area contributed by atoms with E-state index >= 15 is 0 Å². The van der Waals surface area contributed by atoms with E-state index in [0.717, 1.165) is 36.8 Å². The molecule has 0 fully saturated rings. The lowest BCUT2D eigenvalue weighted by Gasteiger charge is -2.10. The first-order valence-electron chi connectivity index (χ1n) is 7.13. The monoisotopic (exact) mass is 305 g/mol. The third-order valence-corrected chi connectivity index (χ3v) is 3.07. The first kappa shape index (κ1) is 15.5. The minimum atomic E-state index is 0.585. The molecule has 2 aromatic rings. The van der Waals surface area contributed by atoms with E-state index in [4.69, 9.17) is 21.1 Å². The van der Waals surface area contributed by atoms with Gasteiger partial charge in [-0.15, -0.1) is 0 Å². The molecule has 0 aliphatic heterocycles. The average Bonchev–Trinajstić information content (AvgIpc) is 2.52. The van der Waals surface area contributed by atoms with Crippen molar-refractivity contribution in [1.29, 1.82) is 0 Å². The highest BCUT2D eigenvalue weighted by molar-refractivity contribution is 6.30. The Morgan fingerprint density at radius 3 is 2.48 bits per heavy atom. The van der Waals surface area contributed by atoms with E-state index in [0.29, 0.717) is 11.6 Å². The molecule has 2 aromatic carbocycles. The van der Waals surface area contributed by atoms with Gasteiger partial charge in [-0.05, 0) is 42.8 Å². The zero-order valence-electron chi connectivity index (χ0n) is 12.1. The fourth-order valence-corrected chi connectivity index (χ4v) is 1.94. The van der Waals surface area contributed by atoms with Crippen molar-refractivity contribution in [2.24, 2.45) is 0 Å². The molecule has 3 nitrogen and oxygen atoms in total. The van der Waals surface area contributed by atoms with Crippen LogP contribution in [0.2, 0.25) is 5.02 Å². The van der Waals surface area contributed by atoms with Crippen molar-refractivity contribution < 1.29 is 9.47 Å². The Hall–Kier alpha value is -1.87.